The molecule has 0 fully saturated rings. The average molecular weight is 414 g/mol. The number of H-pyrrole nitrogens is 1. The topological polar surface area (TPSA) is 82.9 Å². The van der Waals surface area contributed by atoms with E-state index in [2.05, 4.69) is 15.3 Å². The van der Waals surface area contributed by atoms with Gasteiger partial charge in [-0.3, -0.25) is 5.10 Å². The molecule has 3 rings (SSSR count). The first kappa shape index (κ1) is 20.4. The highest BCUT2D eigenvalue weighted by Crippen LogP contribution is 2.33. The second-order valence-corrected chi connectivity index (χ2v) is 6.36. The summed E-state index contributed by atoms with van der Waals surface area (Å²) in [5.74, 6) is 3.21. The Bertz CT molecular complexity index is 1060. The molecule has 152 valence electrons. The molecular formula is C20H22N4O4S. The lowest BCUT2D eigenvalue weighted by molar-refractivity contribution is 0.349. The molecule has 0 unspecified atom stereocenters. The Balaban J connectivity index is 1.91. The maximum absolute atomic E-state index is 5.44. The van der Waals surface area contributed by atoms with Crippen LogP contribution in [0.25, 0.3) is 0 Å². The van der Waals surface area contributed by atoms with E-state index in [1.807, 2.05) is 24.3 Å². The molecular weight excluding hydrogens is 392 g/mol. The first-order valence-corrected chi connectivity index (χ1v) is 9.14. The SMILES string of the molecule is COc1ccc(Cc2n[nH]c(=S)n2/N=C\c2cc(OC)c(OC)cc2OC)cc1. The first-order chi connectivity index (χ1) is 14.1. The summed E-state index contributed by atoms with van der Waals surface area (Å²) in [6, 6.07) is 11.3. The third-order valence-corrected chi connectivity index (χ3v) is 4.55. The van der Waals surface area contributed by atoms with Gasteiger partial charge in [-0.15, -0.1) is 0 Å². The van der Waals surface area contributed by atoms with E-state index >= 15 is 0 Å². The minimum Gasteiger partial charge on any atom is -0.497 e. The molecule has 0 radical (unpaired) electrons. The van der Waals surface area contributed by atoms with E-state index in [0.29, 0.717) is 39.8 Å². The Morgan fingerprint density at radius 2 is 1.62 bits per heavy atom. The van der Waals surface area contributed by atoms with Crippen molar-refractivity contribution >= 4 is 18.4 Å². The first-order valence-electron chi connectivity index (χ1n) is 8.73. The molecule has 0 atom stereocenters. The summed E-state index contributed by atoms with van der Waals surface area (Å²) in [6.07, 6.45) is 2.20. The quantitative estimate of drug-likeness (QED) is 0.449. The van der Waals surface area contributed by atoms with Gasteiger partial charge in [-0.05, 0) is 36.0 Å². The predicted octanol–water partition coefficient (Wildman–Crippen LogP) is 3.45. The van der Waals surface area contributed by atoms with Crippen molar-refractivity contribution in [2.45, 2.75) is 6.42 Å². The molecule has 0 amide bonds. The van der Waals surface area contributed by atoms with Gasteiger partial charge in [-0.2, -0.15) is 14.9 Å². The number of benzene rings is 2. The Kier molecular flexibility index (Phi) is 6.50. The number of nitrogens with zero attached hydrogens (tertiary/aromatic N) is 3. The normalized spacial score (nSPS) is 10.9. The van der Waals surface area contributed by atoms with E-state index in [4.69, 9.17) is 31.2 Å². The molecule has 0 bridgehead atoms. The second-order valence-electron chi connectivity index (χ2n) is 5.98. The minimum atomic E-state index is 0.393. The molecule has 9 heteroatoms. The highest BCUT2D eigenvalue weighted by Gasteiger charge is 2.11. The number of rotatable bonds is 8. The molecule has 3 aromatic rings. The van der Waals surface area contributed by atoms with Gasteiger partial charge < -0.3 is 18.9 Å². The number of aromatic amines is 1. The van der Waals surface area contributed by atoms with Gasteiger partial charge in [0.25, 0.3) is 0 Å². The summed E-state index contributed by atoms with van der Waals surface area (Å²) in [5.41, 5.74) is 1.77. The molecule has 0 aliphatic carbocycles. The molecule has 1 aromatic heterocycles. The molecule has 2 aromatic carbocycles. The molecule has 0 saturated heterocycles. The smallest absolute Gasteiger partial charge is 0.216 e. The molecule has 0 spiro atoms. The summed E-state index contributed by atoms with van der Waals surface area (Å²) in [7, 11) is 6.36. The number of methoxy groups -OCH3 is 4. The second kappa shape index (κ2) is 9.24. The fourth-order valence-electron chi connectivity index (χ4n) is 2.76. The Hall–Kier alpha value is -3.33. The van der Waals surface area contributed by atoms with Crippen LogP contribution >= 0.6 is 12.2 Å². The maximum Gasteiger partial charge on any atom is 0.216 e. The van der Waals surface area contributed by atoms with Crippen molar-refractivity contribution in [3.05, 3.63) is 58.1 Å². The number of nitrogens with one attached hydrogen (secondary N) is 1. The average Bonchev–Trinajstić information content (AvgIpc) is 3.11. The molecule has 1 N–H and O–H groups in total. The van der Waals surface area contributed by atoms with Crippen LogP contribution in [-0.4, -0.2) is 49.5 Å². The van der Waals surface area contributed by atoms with Crippen molar-refractivity contribution in [2.24, 2.45) is 5.10 Å². The van der Waals surface area contributed by atoms with Crippen LogP contribution < -0.4 is 18.9 Å². The van der Waals surface area contributed by atoms with Crippen molar-refractivity contribution in [3.63, 3.8) is 0 Å². The standard InChI is InChI=1S/C20H22N4O4S/c1-25-15-7-5-13(6-8-15)9-19-22-23-20(29)24(19)21-12-14-10-17(27-3)18(28-4)11-16(14)26-2/h5-8,10-12H,9H2,1-4H3,(H,23,29)/b21-12-. The highest BCUT2D eigenvalue weighted by atomic mass is 32.1. The van der Waals surface area contributed by atoms with Gasteiger partial charge in [0.05, 0.1) is 34.7 Å². The molecule has 29 heavy (non-hydrogen) atoms. The number of ether oxygens (including phenoxy) is 4. The summed E-state index contributed by atoms with van der Waals surface area (Å²) < 4.78 is 23.3. The van der Waals surface area contributed by atoms with Gasteiger partial charge in [-0.25, -0.2) is 0 Å². The van der Waals surface area contributed by atoms with E-state index in [-0.39, 0.29) is 0 Å². The summed E-state index contributed by atoms with van der Waals surface area (Å²) >= 11 is 5.33. The van der Waals surface area contributed by atoms with E-state index in [9.17, 15) is 0 Å². The zero-order valence-corrected chi connectivity index (χ0v) is 17.4. The molecule has 0 saturated carbocycles. The highest BCUT2D eigenvalue weighted by molar-refractivity contribution is 7.71. The number of hydrogen-bond donors (Lipinski definition) is 1. The van der Waals surface area contributed by atoms with Crippen molar-refractivity contribution in [2.75, 3.05) is 28.4 Å². The van der Waals surface area contributed by atoms with Gasteiger partial charge in [0.2, 0.25) is 4.77 Å². The Morgan fingerprint density at radius 3 is 2.24 bits per heavy atom. The van der Waals surface area contributed by atoms with Gasteiger partial charge in [-0.1, -0.05) is 12.1 Å². The zero-order chi connectivity index (χ0) is 20.8. The predicted molar refractivity (Wildman–Crippen MR) is 112 cm³/mol. The van der Waals surface area contributed by atoms with Crippen LogP contribution in [0.1, 0.15) is 17.0 Å². The largest absolute Gasteiger partial charge is 0.497 e. The van der Waals surface area contributed by atoms with E-state index in [1.165, 1.54) is 0 Å². The lowest BCUT2D eigenvalue weighted by Crippen LogP contribution is -2.02. The monoisotopic (exact) mass is 414 g/mol. The molecule has 0 aliphatic rings. The summed E-state index contributed by atoms with van der Waals surface area (Å²) in [4.78, 5) is 0. The third kappa shape index (κ3) is 4.57. The summed E-state index contributed by atoms with van der Waals surface area (Å²) in [5, 5.41) is 11.6. The van der Waals surface area contributed by atoms with Crippen LogP contribution in [-0.2, 0) is 6.42 Å². The van der Waals surface area contributed by atoms with Crippen molar-refractivity contribution in [1.29, 1.82) is 0 Å². The van der Waals surface area contributed by atoms with Gasteiger partial charge in [0, 0.05) is 18.1 Å². The molecule has 0 aliphatic heterocycles. The van der Waals surface area contributed by atoms with Crippen LogP contribution in [0, 0.1) is 4.77 Å². The van der Waals surface area contributed by atoms with Crippen molar-refractivity contribution in [1.82, 2.24) is 14.9 Å². The van der Waals surface area contributed by atoms with Crippen LogP contribution in [0.5, 0.6) is 23.0 Å². The third-order valence-electron chi connectivity index (χ3n) is 4.29. The van der Waals surface area contributed by atoms with Crippen molar-refractivity contribution < 1.29 is 18.9 Å². The fraction of sp³-hybridized carbons (Fsp3) is 0.250. The van der Waals surface area contributed by atoms with E-state index in [0.717, 1.165) is 11.3 Å². The van der Waals surface area contributed by atoms with Gasteiger partial charge in [0.15, 0.2) is 17.3 Å². The van der Waals surface area contributed by atoms with Crippen molar-refractivity contribution in [3.8, 4) is 23.0 Å². The lowest BCUT2D eigenvalue weighted by Gasteiger charge is -2.11. The number of aromatic nitrogens is 3. The Morgan fingerprint density at radius 1 is 0.966 bits per heavy atom. The van der Waals surface area contributed by atoms with Crippen LogP contribution in [0.15, 0.2) is 41.5 Å². The van der Waals surface area contributed by atoms with Crippen LogP contribution in [0.4, 0.5) is 0 Å². The lowest BCUT2D eigenvalue weighted by atomic mass is 10.1. The zero-order valence-electron chi connectivity index (χ0n) is 16.6. The van der Waals surface area contributed by atoms with Gasteiger partial charge >= 0.3 is 0 Å². The maximum atomic E-state index is 5.44. The molecule has 1 heterocycles. The van der Waals surface area contributed by atoms with Crippen LogP contribution in [0.3, 0.4) is 0 Å². The summed E-state index contributed by atoms with van der Waals surface area (Å²) in [6.45, 7) is 0. The van der Waals surface area contributed by atoms with Crippen LogP contribution in [0.2, 0.25) is 0 Å². The van der Waals surface area contributed by atoms with E-state index in [1.54, 1.807) is 51.5 Å². The van der Waals surface area contributed by atoms with Gasteiger partial charge in [0.1, 0.15) is 11.5 Å². The number of hydrogen-bond acceptors (Lipinski definition) is 7. The minimum absolute atomic E-state index is 0.393. The fourth-order valence-corrected chi connectivity index (χ4v) is 2.96. The Labute approximate surface area is 173 Å². The molecule has 8 nitrogen and oxygen atoms in total. The van der Waals surface area contributed by atoms with E-state index < -0.39 is 0 Å².